The van der Waals surface area contributed by atoms with E-state index in [-0.39, 0.29) is 31.4 Å². The van der Waals surface area contributed by atoms with Crippen molar-refractivity contribution in [3.8, 4) is 5.88 Å². The number of carbonyl (C=O) groups excluding carboxylic acids is 2. The van der Waals surface area contributed by atoms with Gasteiger partial charge in [-0.3, -0.25) is 9.59 Å². The van der Waals surface area contributed by atoms with Crippen LogP contribution in [0.5, 0.6) is 5.88 Å². The molecule has 2 heterocycles. The first-order valence-electron chi connectivity index (χ1n) is 7.66. The van der Waals surface area contributed by atoms with Crippen molar-refractivity contribution in [3.05, 3.63) is 23.9 Å². The number of carbonyl (C=O) groups is 2. The Morgan fingerprint density at radius 2 is 2.25 bits per heavy atom. The lowest BCUT2D eigenvalue weighted by Crippen LogP contribution is -2.57. The van der Waals surface area contributed by atoms with Gasteiger partial charge in [0.25, 0.3) is 5.91 Å². The van der Waals surface area contributed by atoms with Crippen molar-refractivity contribution in [2.24, 2.45) is 0 Å². The fourth-order valence-electron chi connectivity index (χ4n) is 2.74. The number of amides is 2. The van der Waals surface area contributed by atoms with Crippen LogP contribution in [0, 0.1) is 0 Å². The van der Waals surface area contributed by atoms with Crippen LogP contribution in [0.1, 0.15) is 16.8 Å². The minimum absolute atomic E-state index is 0.126. The number of hydrogen-bond donors (Lipinski definition) is 1. The van der Waals surface area contributed by atoms with E-state index in [1.165, 1.54) is 13.3 Å². The highest BCUT2D eigenvalue weighted by Crippen LogP contribution is 2.24. The van der Waals surface area contributed by atoms with Gasteiger partial charge in [-0.1, -0.05) is 0 Å². The average Bonchev–Trinajstić information content (AvgIpc) is 2.61. The van der Waals surface area contributed by atoms with E-state index in [0.717, 1.165) is 0 Å². The summed E-state index contributed by atoms with van der Waals surface area (Å²) in [5.41, 5.74) is -0.366. The quantitative estimate of drug-likeness (QED) is 0.791. The Bertz CT molecular complexity index is 591. The Morgan fingerprint density at radius 3 is 2.92 bits per heavy atom. The molecule has 1 aliphatic rings. The maximum atomic E-state index is 12.8. The average molecular weight is 337 g/mol. The van der Waals surface area contributed by atoms with Crippen molar-refractivity contribution in [1.29, 1.82) is 0 Å². The molecule has 1 fully saturated rings. The van der Waals surface area contributed by atoms with Crippen molar-refractivity contribution in [2.75, 3.05) is 47.6 Å². The third kappa shape index (κ3) is 4.21. The summed E-state index contributed by atoms with van der Waals surface area (Å²) in [6.45, 7) is 1.29. The van der Waals surface area contributed by atoms with Crippen LogP contribution in [-0.2, 0) is 14.3 Å². The maximum Gasteiger partial charge on any atom is 0.254 e. The molecule has 8 nitrogen and oxygen atoms in total. The number of pyridine rings is 1. The van der Waals surface area contributed by atoms with Crippen molar-refractivity contribution >= 4 is 11.8 Å². The number of aromatic nitrogens is 1. The Balaban J connectivity index is 2.17. The first kappa shape index (κ1) is 18.2. The third-order valence-electron chi connectivity index (χ3n) is 3.90. The van der Waals surface area contributed by atoms with Crippen molar-refractivity contribution in [3.63, 3.8) is 0 Å². The second-order valence-corrected chi connectivity index (χ2v) is 5.63. The van der Waals surface area contributed by atoms with Crippen LogP contribution in [0.4, 0.5) is 0 Å². The predicted octanol–water partition coefficient (Wildman–Crippen LogP) is 0.0839. The molecule has 24 heavy (non-hydrogen) atoms. The second-order valence-electron chi connectivity index (χ2n) is 5.63. The zero-order valence-corrected chi connectivity index (χ0v) is 14.2. The van der Waals surface area contributed by atoms with Gasteiger partial charge in [-0.25, -0.2) is 4.98 Å². The topological polar surface area (TPSA) is 90.0 Å². The van der Waals surface area contributed by atoms with E-state index < -0.39 is 5.60 Å². The Morgan fingerprint density at radius 1 is 1.46 bits per heavy atom. The van der Waals surface area contributed by atoms with Gasteiger partial charge < -0.3 is 24.4 Å². The van der Waals surface area contributed by atoms with E-state index in [9.17, 15) is 9.59 Å². The van der Waals surface area contributed by atoms with Gasteiger partial charge in [-0.05, 0) is 6.07 Å². The van der Waals surface area contributed by atoms with Gasteiger partial charge in [0, 0.05) is 38.5 Å². The Hall–Kier alpha value is -2.19. The van der Waals surface area contributed by atoms with Crippen LogP contribution in [-0.4, -0.2) is 74.9 Å². The molecular weight excluding hydrogens is 314 g/mol. The number of morpholine rings is 1. The Labute approximate surface area is 141 Å². The fraction of sp³-hybridized carbons (Fsp3) is 0.562. The third-order valence-corrected chi connectivity index (χ3v) is 3.90. The van der Waals surface area contributed by atoms with Gasteiger partial charge in [-0.15, -0.1) is 0 Å². The molecule has 1 atom stereocenters. The summed E-state index contributed by atoms with van der Waals surface area (Å²) >= 11 is 0. The van der Waals surface area contributed by atoms with E-state index in [2.05, 4.69) is 10.3 Å². The van der Waals surface area contributed by atoms with Gasteiger partial charge in [0.2, 0.25) is 11.8 Å². The summed E-state index contributed by atoms with van der Waals surface area (Å²) in [7, 11) is 4.61. The molecule has 132 valence electrons. The minimum Gasteiger partial charge on any atom is -0.481 e. The molecule has 0 spiro atoms. The molecule has 8 heteroatoms. The van der Waals surface area contributed by atoms with Gasteiger partial charge in [0.1, 0.15) is 5.60 Å². The van der Waals surface area contributed by atoms with Gasteiger partial charge in [0.15, 0.2) is 0 Å². The van der Waals surface area contributed by atoms with Gasteiger partial charge >= 0.3 is 0 Å². The van der Waals surface area contributed by atoms with E-state index in [4.69, 9.17) is 14.2 Å². The molecular formula is C16H23N3O5. The lowest BCUT2D eigenvalue weighted by Gasteiger charge is -2.42. The lowest BCUT2D eigenvalue weighted by molar-refractivity contribution is -0.150. The van der Waals surface area contributed by atoms with Crippen LogP contribution in [0.25, 0.3) is 0 Å². The number of hydrogen-bond acceptors (Lipinski definition) is 6. The van der Waals surface area contributed by atoms with Crippen LogP contribution in [0.2, 0.25) is 0 Å². The van der Waals surface area contributed by atoms with Gasteiger partial charge in [0.05, 0.1) is 33.3 Å². The van der Waals surface area contributed by atoms with E-state index in [0.29, 0.717) is 24.6 Å². The lowest BCUT2D eigenvalue weighted by atomic mass is 9.97. The molecule has 0 saturated carbocycles. The van der Waals surface area contributed by atoms with E-state index in [1.807, 2.05) is 0 Å². The molecule has 1 aliphatic heterocycles. The Kier molecular flexibility index (Phi) is 6.10. The highest BCUT2D eigenvalue weighted by atomic mass is 16.5. The molecule has 2 amide bonds. The summed E-state index contributed by atoms with van der Waals surface area (Å²) < 4.78 is 16.1. The first-order chi connectivity index (χ1) is 11.5. The number of ether oxygens (including phenoxy) is 3. The molecule has 0 aliphatic carbocycles. The van der Waals surface area contributed by atoms with Crippen molar-refractivity contribution in [1.82, 2.24) is 15.2 Å². The summed E-state index contributed by atoms with van der Waals surface area (Å²) in [5.74, 6) is 0.0611. The molecule has 0 unspecified atom stereocenters. The summed E-state index contributed by atoms with van der Waals surface area (Å²) in [4.78, 5) is 30.2. The van der Waals surface area contributed by atoms with Crippen LogP contribution in [0.15, 0.2) is 18.3 Å². The van der Waals surface area contributed by atoms with Crippen molar-refractivity contribution in [2.45, 2.75) is 12.0 Å². The van der Waals surface area contributed by atoms with Crippen LogP contribution < -0.4 is 10.1 Å². The number of nitrogens with one attached hydrogen (secondary N) is 1. The maximum absolute atomic E-state index is 12.8. The summed E-state index contributed by atoms with van der Waals surface area (Å²) in [5, 5.41) is 2.58. The zero-order chi connectivity index (χ0) is 17.6. The summed E-state index contributed by atoms with van der Waals surface area (Å²) in [6, 6.07) is 3.23. The number of nitrogens with zero attached hydrogens (tertiary/aromatic N) is 2. The monoisotopic (exact) mass is 337 g/mol. The largest absolute Gasteiger partial charge is 0.481 e. The SMILES string of the molecule is CNC(=O)C[C@@]1(COC)CN(C(=O)c2ccnc(OC)c2)CCO1. The highest BCUT2D eigenvalue weighted by Gasteiger charge is 2.40. The predicted molar refractivity (Wildman–Crippen MR) is 85.9 cm³/mol. The van der Waals surface area contributed by atoms with Crippen LogP contribution >= 0.6 is 0 Å². The van der Waals surface area contributed by atoms with Gasteiger partial charge in [-0.2, -0.15) is 0 Å². The molecule has 1 N–H and O–H groups in total. The number of rotatable bonds is 6. The highest BCUT2D eigenvalue weighted by molar-refractivity contribution is 5.94. The smallest absolute Gasteiger partial charge is 0.254 e. The fourth-order valence-corrected chi connectivity index (χ4v) is 2.74. The summed E-state index contributed by atoms with van der Waals surface area (Å²) in [6.07, 6.45) is 1.65. The normalized spacial score (nSPS) is 20.5. The molecule has 0 aromatic carbocycles. The number of methoxy groups -OCH3 is 2. The molecule has 0 radical (unpaired) electrons. The van der Waals surface area contributed by atoms with E-state index >= 15 is 0 Å². The molecule has 1 saturated heterocycles. The molecule has 1 aromatic rings. The molecule has 1 aromatic heterocycles. The zero-order valence-electron chi connectivity index (χ0n) is 14.2. The standard InChI is InChI=1S/C16H23N3O5/c1-17-13(20)9-16(11-22-2)10-19(6-7-24-16)15(21)12-4-5-18-14(8-12)23-3/h4-5,8H,6-7,9-11H2,1-3H3,(H,17,20)/t16-/m0/s1. The van der Waals surface area contributed by atoms with E-state index in [1.54, 1.807) is 31.2 Å². The second kappa shape index (κ2) is 8.07. The first-order valence-corrected chi connectivity index (χ1v) is 7.66. The molecule has 2 rings (SSSR count). The molecule has 0 bridgehead atoms. The minimum atomic E-state index is -0.847. The van der Waals surface area contributed by atoms with Crippen LogP contribution in [0.3, 0.4) is 0 Å². The van der Waals surface area contributed by atoms with Crippen molar-refractivity contribution < 1.29 is 23.8 Å².